The Bertz CT molecular complexity index is 2700. The minimum Gasteiger partial charge on any atom is -0.457 e. The highest BCUT2D eigenvalue weighted by Crippen LogP contribution is 2.49. The Morgan fingerprint density at radius 3 is 2.27 bits per heavy atom. The second kappa shape index (κ2) is 10.7. The van der Waals surface area contributed by atoms with E-state index in [-0.39, 0.29) is 12.4 Å². The summed E-state index contributed by atoms with van der Waals surface area (Å²) >= 11 is 0. The van der Waals surface area contributed by atoms with Crippen molar-refractivity contribution in [2.45, 2.75) is 33.1 Å². The second-order valence-corrected chi connectivity index (χ2v) is 14.5. The van der Waals surface area contributed by atoms with E-state index in [1.165, 1.54) is 44.2 Å². The van der Waals surface area contributed by atoms with Crippen LogP contribution in [0.4, 0.5) is 5.69 Å². The summed E-state index contributed by atoms with van der Waals surface area (Å²) in [6.07, 6.45) is 6.05. The van der Waals surface area contributed by atoms with Crippen molar-refractivity contribution in [1.82, 2.24) is 19.0 Å². The van der Waals surface area contributed by atoms with Crippen molar-refractivity contribution in [1.29, 1.82) is 0 Å². The molecule has 4 heterocycles. The molecule has 7 heteroatoms. The molecule has 0 spiro atoms. The van der Waals surface area contributed by atoms with Crippen LogP contribution in [0.5, 0.6) is 11.5 Å². The first-order chi connectivity index (χ1) is 24.8. The van der Waals surface area contributed by atoms with Crippen molar-refractivity contribution in [3.8, 4) is 39.8 Å². The third-order valence-electron chi connectivity index (χ3n) is 11.3. The number of hydrogen-bond donors (Lipinski definition) is 0. The smallest absolute Gasteiger partial charge is 0.417 e. The number of ether oxygens (including phenoxy) is 1. The van der Waals surface area contributed by atoms with Gasteiger partial charge in [0.05, 0.1) is 11.0 Å². The summed E-state index contributed by atoms with van der Waals surface area (Å²) in [4.78, 5) is 12.3. The Balaban J connectivity index is 1.06. The predicted octanol–water partition coefficient (Wildman–Crippen LogP) is 9.45. The van der Waals surface area contributed by atoms with Gasteiger partial charge < -0.3 is 14.0 Å². The van der Waals surface area contributed by atoms with Gasteiger partial charge in [0.1, 0.15) is 23.1 Å². The van der Waals surface area contributed by atoms with E-state index in [0.717, 1.165) is 50.8 Å². The van der Waals surface area contributed by atoms with Crippen molar-refractivity contribution in [2.24, 2.45) is 0 Å². The average molecular weight is 662 g/mol. The predicted molar refractivity (Wildman–Crippen MR) is 209 cm³/mol. The summed E-state index contributed by atoms with van der Waals surface area (Å²) in [7, 11) is 2.16. The van der Waals surface area contributed by atoms with E-state index in [2.05, 4.69) is 170 Å². The Morgan fingerprint density at radius 1 is 0.667 bits per heavy atom. The first-order valence-corrected chi connectivity index (χ1v) is 17.6. The maximum absolute atomic E-state index is 6.67. The first kappa shape index (κ1) is 29.8. The van der Waals surface area contributed by atoms with Crippen LogP contribution in [-0.4, -0.2) is 33.0 Å². The number of rotatable bonds is 4. The van der Waals surface area contributed by atoms with Crippen molar-refractivity contribution in [3.05, 3.63) is 150 Å². The van der Waals surface area contributed by atoms with E-state index in [9.17, 15) is 0 Å². The molecule has 10 rings (SSSR count). The number of pyridine rings is 1. The highest BCUT2D eigenvalue weighted by Gasteiger charge is 2.38. The highest BCUT2D eigenvalue weighted by molar-refractivity contribution is 6.77. The minimum absolute atomic E-state index is 0.0136. The van der Waals surface area contributed by atoms with Gasteiger partial charge in [0.2, 0.25) is 0 Å². The lowest BCUT2D eigenvalue weighted by Gasteiger charge is -2.36. The number of anilines is 1. The molecule has 0 saturated heterocycles. The maximum Gasteiger partial charge on any atom is 0.417 e. The van der Waals surface area contributed by atoms with Gasteiger partial charge in [-0.1, -0.05) is 85.6 Å². The number of fused-ring (bicyclic) bond motifs is 9. The van der Waals surface area contributed by atoms with Gasteiger partial charge in [-0.05, 0) is 91.1 Å². The normalized spacial score (nSPS) is 14.1. The zero-order chi connectivity index (χ0) is 34.6. The van der Waals surface area contributed by atoms with Crippen molar-refractivity contribution >= 4 is 39.9 Å². The summed E-state index contributed by atoms with van der Waals surface area (Å²) in [6.45, 7) is 8.97. The zero-order valence-electron chi connectivity index (χ0n) is 29.3. The fourth-order valence-corrected chi connectivity index (χ4v) is 8.76. The molecular formula is C44H36BN5O. The molecule has 0 N–H and O–H groups in total. The monoisotopic (exact) mass is 661 g/mol. The average Bonchev–Trinajstić information content (AvgIpc) is 3.81. The summed E-state index contributed by atoms with van der Waals surface area (Å²) in [5.74, 6) is 3.36. The molecule has 0 bridgehead atoms. The highest BCUT2D eigenvalue weighted by atomic mass is 16.5. The van der Waals surface area contributed by atoms with Gasteiger partial charge in [-0.2, -0.15) is 0 Å². The Hall–Kier alpha value is -6.08. The lowest BCUT2D eigenvalue weighted by Crippen LogP contribution is -2.56. The van der Waals surface area contributed by atoms with Gasteiger partial charge in [0, 0.05) is 52.1 Å². The van der Waals surface area contributed by atoms with Gasteiger partial charge in [-0.15, -0.1) is 0 Å². The van der Waals surface area contributed by atoms with E-state index < -0.39 is 0 Å². The van der Waals surface area contributed by atoms with Gasteiger partial charge >= 0.3 is 6.98 Å². The Morgan fingerprint density at radius 2 is 1.41 bits per heavy atom. The Labute approximate surface area is 297 Å². The third kappa shape index (κ3) is 4.24. The van der Waals surface area contributed by atoms with Crippen LogP contribution >= 0.6 is 0 Å². The zero-order valence-corrected chi connectivity index (χ0v) is 29.3. The molecule has 0 radical (unpaired) electrons. The van der Waals surface area contributed by atoms with Gasteiger partial charge in [-0.3, -0.25) is 4.57 Å². The number of benzene rings is 5. The second-order valence-electron chi connectivity index (χ2n) is 14.5. The number of hydrogen-bond acceptors (Lipinski definition) is 4. The molecule has 1 aliphatic carbocycles. The Kier molecular flexibility index (Phi) is 6.26. The molecular weight excluding hydrogens is 625 g/mol. The molecule has 5 aromatic carbocycles. The van der Waals surface area contributed by atoms with E-state index >= 15 is 0 Å². The molecule has 0 atom stereocenters. The molecule has 246 valence electrons. The molecule has 8 aromatic rings. The van der Waals surface area contributed by atoms with Crippen LogP contribution < -0.4 is 15.0 Å². The number of para-hydroxylation sites is 1. The number of imidazole rings is 1. The van der Waals surface area contributed by atoms with Crippen LogP contribution in [0.25, 0.3) is 50.1 Å². The van der Waals surface area contributed by atoms with Gasteiger partial charge in [-0.25, -0.2) is 9.97 Å². The minimum atomic E-state index is -0.0968. The van der Waals surface area contributed by atoms with Crippen LogP contribution in [0.3, 0.4) is 0 Å². The van der Waals surface area contributed by atoms with Crippen LogP contribution in [-0.2, 0) is 5.41 Å². The van der Waals surface area contributed by atoms with E-state index in [4.69, 9.17) is 14.7 Å². The van der Waals surface area contributed by atoms with Crippen molar-refractivity contribution < 1.29 is 4.74 Å². The summed E-state index contributed by atoms with van der Waals surface area (Å²) in [5, 5.41) is 2.34. The van der Waals surface area contributed by atoms with Crippen molar-refractivity contribution in [3.63, 3.8) is 0 Å². The SMILES string of the molecule is Cc1cccc(C)c1B1N(C)c2ccc(Oc3ccc4c5ccccc5n(-c5cc6c(cn5)C(C)(C)c5ccccc5-6)c4c3)cc2-c2nccn21. The van der Waals surface area contributed by atoms with Crippen LogP contribution in [0.1, 0.15) is 36.1 Å². The molecule has 0 amide bonds. The van der Waals surface area contributed by atoms with E-state index in [1.807, 2.05) is 6.20 Å². The van der Waals surface area contributed by atoms with Crippen LogP contribution in [0.2, 0.25) is 0 Å². The summed E-state index contributed by atoms with van der Waals surface area (Å²) in [5.41, 5.74) is 13.2. The van der Waals surface area contributed by atoms with Crippen LogP contribution in [0, 0.1) is 13.8 Å². The van der Waals surface area contributed by atoms with Crippen molar-refractivity contribution in [2.75, 3.05) is 11.9 Å². The fraction of sp³-hybridized carbons (Fsp3) is 0.136. The molecule has 1 aliphatic heterocycles. The molecule has 0 unspecified atom stereocenters. The first-order valence-electron chi connectivity index (χ1n) is 17.6. The number of nitrogens with zero attached hydrogens (tertiary/aromatic N) is 5. The molecule has 6 nitrogen and oxygen atoms in total. The topological polar surface area (TPSA) is 48.1 Å². The summed E-state index contributed by atoms with van der Waals surface area (Å²) < 4.78 is 11.2. The lowest BCUT2D eigenvalue weighted by molar-refractivity contribution is 0.483. The number of aryl methyl sites for hydroxylation is 2. The van der Waals surface area contributed by atoms with E-state index in [0.29, 0.717) is 0 Å². The quantitative estimate of drug-likeness (QED) is 0.176. The number of aromatic nitrogens is 4. The molecule has 2 aliphatic rings. The molecule has 51 heavy (non-hydrogen) atoms. The fourth-order valence-electron chi connectivity index (χ4n) is 8.76. The third-order valence-corrected chi connectivity index (χ3v) is 11.3. The van der Waals surface area contributed by atoms with Crippen LogP contribution in [0.15, 0.2) is 128 Å². The standard InChI is InChI=1S/C44H36BN5O/c1-27-11-10-12-28(2)42(27)45-48(5)38-20-18-29(23-35(38)43-46-21-22-49(43)45)51-30-17-19-33-32-14-7-9-16-39(32)50(40(33)24-30)41-25-34-31-13-6-8-15-36(31)44(3,4)37(34)26-47-41/h6-26H,1-5H3. The maximum atomic E-state index is 6.67. The molecule has 0 saturated carbocycles. The summed E-state index contributed by atoms with van der Waals surface area (Å²) in [6, 6.07) is 38.8. The molecule has 3 aromatic heterocycles. The lowest BCUT2D eigenvalue weighted by atomic mass is 9.60. The van der Waals surface area contributed by atoms with Gasteiger partial charge in [0.15, 0.2) is 0 Å². The van der Waals surface area contributed by atoms with E-state index in [1.54, 1.807) is 0 Å². The van der Waals surface area contributed by atoms with Gasteiger partial charge in [0.25, 0.3) is 0 Å². The largest absolute Gasteiger partial charge is 0.457 e. The molecule has 0 fully saturated rings.